The highest BCUT2D eigenvalue weighted by atomic mass is 32.1. The second-order valence-electron chi connectivity index (χ2n) is 10.5. The number of esters is 1. The predicted molar refractivity (Wildman–Crippen MR) is 132 cm³/mol. The van der Waals surface area contributed by atoms with Crippen LogP contribution in [0.2, 0.25) is 0 Å². The highest BCUT2D eigenvalue weighted by Gasteiger charge is 2.51. The molecular weight excluding hydrogens is 430 g/mol. The van der Waals surface area contributed by atoms with Crippen molar-refractivity contribution in [3.05, 3.63) is 46.1 Å². The van der Waals surface area contributed by atoms with Gasteiger partial charge in [0.1, 0.15) is 21.3 Å². The molecule has 0 spiro atoms. The zero-order valence-electron chi connectivity index (χ0n) is 19.6. The van der Waals surface area contributed by atoms with E-state index in [9.17, 15) is 4.79 Å². The van der Waals surface area contributed by atoms with Gasteiger partial charge in [0, 0.05) is 5.69 Å². The molecule has 4 fully saturated rings. The van der Waals surface area contributed by atoms with Crippen molar-refractivity contribution < 1.29 is 9.53 Å². The number of anilines is 2. The van der Waals surface area contributed by atoms with E-state index >= 15 is 0 Å². The second-order valence-corrected chi connectivity index (χ2v) is 11.5. The minimum atomic E-state index is -0.290. The summed E-state index contributed by atoms with van der Waals surface area (Å²) < 4.78 is 5.24. The van der Waals surface area contributed by atoms with Crippen LogP contribution in [0.1, 0.15) is 72.1 Å². The minimum absolute atomic E-state index is 0.290. The molecule has 33 heavy (non-hydrogen) atoms. The number of hydrogen-bond acceptors (Lipinski definition) is 6. The van der Waals surface area contributed by atoms with Gasteiger partial charge in [-0.05, 0) is 106 Å². The zero-order valence-corrected chi connectivity index (χ0v) is 20.4. The number of ether oxygens (including phenoxy) is 1. The first-order chi connectivity index (χ1) is 15.9. The summed E-state index contributed by atoms with van der Waals surface area (Å²) in [5, 5.41) is 4.42. The predicted octanol–water partition coefficient (Wildman–Crippen LogP) is 6.70. The van der Waals surface area contributed by atoms with Crippen LogP contribution in [0.3, 0.4) is 0 Å². The van der Waals surface area contributed by atoms with Crippen LogP contribution >= 0.6 is 11.3 Å². The summed E-state index contributed by atoms with van der Waals surface area (Å²) in [6, 6.07) is 9.08. The summed E-state index contributed by atoms with van der Waals surface area (Å²) >= 11 is 1.38. The van der Waals surface area contributed by atoms with Gasteiger partial charge >= 0.3 is 5.97 Å². The number of aryl methyl sites for hydroxylation is 2. The number of benzene rings is 1. The number of carbonyl (C=O) groups excluding carboxylic acids is 1. The summed E-state index contributed by atoms with van der Waals surface area (Å²) in [4.78, 5) is 23.1. The van der Waals surface area contributed by atoms with Crippen molar-refractivity contribution in [3.8, 4) is 0 Å². The molecule has 5 nitrogen and oxygen atoms in total. The Bertz CT molecular complexity index is 1200. The van der Waals surface area contributed by atoms with Gasteiger partial charge < -0.3 is 10.1 Å². The molecule has 0 radical (unpaired) electrons. The van der Waals surface area contributed by atoms with Gasteiger partial charge in [-0.3, -0.25) is 0 Å². The van der Waals surface area contributed by atoms with Crippen molar-refractivity contribution in [1.29, 1.82) is 0 Å². The van der Waals surface area contributed by atoms with E-state index in [1.807, 2.05) is 20.8 Å². The normalized spacial score (nSPS) is 27.8. The molecule has 0 atom stereocenters. The van der Waals surface area contributed by atoms with Crippen LogP contribution < -0.4 is 5.32 Å². The van der Waals surface area contributed by atoms with E-state index in [1.165, 1.54) is 55.4 Å². The van der Waals surface area contributed by atoms with E-state index in [0.717, 1.165) is 45.0 Å². The lowest BCUT2D eigenvalue weighted by Crippen LogP contribution is -2.48. The molecule has 4 saturated carbocycles. The fraction of sp³-hybridized carbons (Fsp3) is 0.519. The quantitative estimate of drug-likeness (QED) is 0.429. The maximum absolute atomic E-state index is 12.4. The first kappa shape index (κ1) is 21.1. The molecule has 4 aliphatic rings. The SMILES string of the molecule is CCOC(=O)c1sc2nc(C)nc(Nc3ccc(C45CC6CC(CC(C6)C4)C5)cc3)c2c1C. The number of thiophene rings is 1. The molecule has 172 valence electrons. The molecule has 4 aliphatic carbocycles. The lowest BCUT2D eigenvalue weighted by Gasteiger charge is -2.57. The smallest absolute Gasteiger partial charge is 0.348 e. The molecule has 1 aromatic carbocycles. The van der Waals surface area contributed by atoms with Crippen LogP contribution in [0, 0.1) is 31.6 Å². The Labute approximate surface area is 199 Å². The average molecular weight is 462 g/mol. The number of fused-ring (bicyclic) bond motifs is 1. The molecule has 6 heteroatoms. The molecule has 2 aromatic heterocycles. The van der Waals surface area contributed by atoms with Gasteiger partial charge in [-0.1, -0.05) is 12.1 Å². The number of carbonyl (C=O) groups is 1. The summed E-state index contributed by atoms with van der Waals surface area (Å²) in [5.74, 6) is 3.99. The fourth-order valence-corrected chi connectivity index (χ4v) is 8.36. The van der Waals surface area contributed by atoms with Crippen molar-refractivity contribution in [1.82, 2.24) is 9.97 Å². The number of aromatic nitrogens is 2. The number of nitrogens with zero attached hydrogens (tertiary/aromatic N) is 2. The highest BCUT2D eigenvalue weighted by molar-refractivity contribution is 7.20. The van der Waals surface area contributed by atoms with Crippen LogP contribution in [-0.4, -0.2) is 22.5 Å². The van der Waals surface area contributed by atoms with Crippen LogP contribution in [0.5, 0.6) is 0 Å². The molecule has 3 aromatic rings. The summed E-state index contributed by atoms with van der Waals surface area (Å²) in [7, 11) is 0. The highest BCUT2D eigenvalue weighted by Crippen LogP contribution is 2.60. The van der Waals surface area contributed by atoms with Crippen LogP contribution in [0.4, 0.5) is 11.5 Å². The molecule has 1 N–H and O–H groups in total. The lowest BCUT2D eigenvalue weighted by atomic mass is 9.48. The van der Waals surface area contributed by atoms with Crippen LogP contribution in [0.15, 0.2) is 24.3 Å². The van der Waals surface area contributed by atoms with Crippen LogP contribution in [-0.2, 0) is 10.2 Å². The Balaban J connectivity index is 1.30. The zero-order chi connectivity index (χ0) is 22.7. The third-order valence-corrected chi connectivity index (χ3v) is 9.33. The fourth-order valence-electron chi connectivity index (χ4n) is 7.24. The van der Waals surface area contributed by atoms with E-state index in [0.29, 0.717) is 22.7 Å². The van der Waals surface area contributed by atoms with Gasteiger partial charge in [-0.25, -0.2) is 14.8 Å². The molecule has 0 aliphatic heterocycles. The van der Waals surface area contributed by atoms with E-state index < -0.39 is 0 Å². The van der Waals surface area contributed by atoms with Gasteiger partial charge in [-0.2, -0.15) is 0 Å². The van der Waals surface area contributed by atoms with E-state index in [-0.39, 0.29) is 5.97 Å². The Morgan fingerprint density at radius 2 is 1.70 bits per heavy atom. The van der Waals surface area contributed by atoms with Crippen LogP contribution in [0.25, 0.3) is 10.2 Å². The topological polar surface area (TPSA) is 64.1 Å². The first-order valence-corrected chi connectivity index (χ1v) is 13.1. The maximum Gasteiger partial charge on any atom is 0.348 e. The summed E-state index contributed by atoms with van der Waals surface area (Å²) in [5.41, 5.74) is 3.82. The standard InChI is InChI=1S/C27H31N3O2S/c1-4-32-26(31)23-15(2)22-24(28-16(3)29-25(22)33-23)30-21-7-5-20(6-8-21)27-12-17-9-18(13-27)11-19(10-17)14-27/h5-8,17-19H,4,9-14H2,1-3H3,(H,28,29,30). The monoisotopic (exact) mass is 461 g/mol. The van der Waals surface area contributed by atoms with E-state index in [2.05, 4.69) is 39.6 Å². The maximum atomic E-state index is 12.4. The van der Waals surface area contributed by atoms with Gasteiger partial charge in [0.2, 0.25) is 0 Å². The Kier molecular flexibility index (Phi) is 4.98. The van der Waals surface area contributed by atoms with Crippen molar-refractivity contribution in [2.24, 2.45) is 17.8 Å². The van der Waals surface area contributed by atoms with Gasteiger partial charge in [0.15, 0.2) is 0 Å². The molecule has 0 saturated heterocycles. The van der Waals surface area contributed by atoms with Crippen molar-refractivity contribution in [2.45, 2.75) is 64.7 Å². The third kappa shape index (κ3) is 3.54. The first-order valence-electron chi connectivity index (χ1n) is 12.3. The molecule has 0 unspecified atom stereocenters. The average Bonchev–Trinajstić information content (AvgIpc) is 3.10. The molecule has 2 heterocycles. The molecule has 4 bridgehead atoms. The summed E-state index contributed by atoms with van der Waals surface area (Å²) in [6.45, 7) is 6.02. The largest absolute Gasteiger partial charge is 0.462 e. The minimum Gasteiger partial charge on any atom is -0.462 e. The van der Waals surface area contributed by atoms with Crippen molar-refractivity contribution in [2.75, 3.05) is 11.9 Å². The third-order valence-electron chi connectivity index (χ3n) is 8.16. The number of nitrogens with one attached hydrogen (secondary N) is 1. The molecular formula is C27H31N3O2S. The molecule has 0 amide bonds. The molecule has 7 rings (SSSR count). The van der Waals surface area contributed by atoms with Gasteiger partial charge in [0.25, 0.3) is 0 Å². The van der Waals surface area contributed by atoms with Crippen molar-refractivity contribution >= 4 is 39.0 Å². The van der Waals surface area contributed by atoms with E-state index in [1.54, 1.807) is 0 Å². The lowest BCUT2D eigenvalue weighted by molar-refractivity contribution is -0.00518. The Hall–Kier alpha value is -2.47. The van der Waals surface area contributed by atoms with Gasteiger partial charge in [0.05, 0.1) is 12.0 Å². The second kappa shape index (κ2) is 7.79. The van der Waals surface area contributed by atoms with Crippen molar-refractivity contribution in [3.63, 3.8) is 0 Å². The summed E-state index contributed by atoms with van der Waals surface area (Å²) in [6.07, 6.45) is 8.54. The Morgan fingerprint density at radius 1 is 1.06 bits per heavy atom. The number of rotatable bonds is 5. The van der Waals surface area contributed by atoms with Gasteiger partial charge in [-0.15, -0.1) is 11.3 Å². The van der Waals surface area contributed by atoms with E-state index in [4.69, 9.17) is 4.74 Å². The Morgan fingerprint density at radius 3 is 2.30 bits per heavy atom. The number of hydrogen-bond donors (Lipinski definition) is 1.